The lowest BCUT2D eigenvalue weighted by atomic mass is 10.4. The molecule has 1 aliphatic rings. The smallest absolute Gasteiger partial charge is 0.241 e. The summed E-state index contributed by atoms with van der Waals surface area (Å²) in [5.74, 6) is 0.461. The van der Waals surface area contributed by atoms with Crippen LogP contribution in [-0.4, -0.2) is 14.5 Å². The quantitative estimate of drug-likeness (QED) is 0.854. The molecule has 0 aliphatic heterocycles. The van der Waals surface area contributed by atoms with Crippen molar-refractivity contribution in [2.24, 2.45) is 11.7 Å². The molecule has 1 aromatic heterocycles. The largest absolute Gasteiger partial charge is 0.326 e. The molecule has 1 aliphatic carbocycles. The average molecular weight is 260 g/mol. The van der Waals surface area contributed by atoms with Crippen LogP contribution in [0.4, 0.5) is 0 Å². The Morgan fingerprint density at radius 1 is 1.62 bits per heavy atom. The molecule has 0 spiro atoms. The van der Waals surface area contributed by atoms with Crippen molar-refractivity contribution in [3.8, 4) is 0 Å². The van der Waals surface area contributed by atoms with Gasteiger partial charge in [-0.25, -0.2) is 13.1 Å². The van der Waals surface area contributed by atoms with E-state index in [0.29, 0.717) is 17.4 Å². The molecule has 0 saturated heterocycles. The summed E-state index contributed by atoms with van der Waals surface area (Å²) in [6.45, 7) is 4.24. The van der Waals surface area contributed by atoms with E-state index < -0.39 is 10.0 Å². The molecule has 2 unspecified atom stereocenters. The van der Waals surface area contributed by atoms with Gasteiger partial charge in [0.2, 0.25) is 10.0 Å². The van der Waals surface area contributed by atoms with Gasteiger partial charge < -0.3 is 5.73 Å². The Bertz CT molecular complexity index is 493. The maximum absolute atomic E-state index is 12.0. The fourth-order valence-corrected chi connectivity index (χ4v) is 4.51. The number of sulfonamides is 1. The normalized spacial score (nSPS) is 24.7. The predicted molar refractivity (Wildman–Crippen MR) is 64.8 cm³/mol. The van der Waals surface area contributed by atoms with Crippen LogP contribution < -0.4 is 10.5 Å². The molecule has 1 saturated carbocycles. The maximum atomic E-state index is 12.0. The first kappa shape index (κ1) is 12.0. The molecule has 1 heterocycles. The van der Waals surface area contributed by atoms with E-state index in [4.69, 9.17) is 5.73 Å². The van der Waals surface area contributed by atoms with E-state index in [0.717, 1.165) is 16.2 Å². The second kappa shape index (κ2) is 4.10. The first-order valence-corrected chi connectivity index (χ1v) is 7.55. The van der Waals surface area contributed by atoms with Gasteiger partial charge in [0, 0.05) is 22.3 Å². The fraction of sp³-hybridized carbons (Fsp3) is 0.600. The highest BCUT2D eigenvalue weighted by Gasteiger charge is 2.37. The molecule has 1 aromatic rings. The van der Waals surface area contributed by atoms with Crippen molar-refractivity contribution in [1.29, 1.82) is 0 Å². The van der Waals surface area contributed by atoms with Crippen LogP contribution in [0.1, 0.15) is 23.1 Å². The Morgan fingerprint density at radius 3 is 2.69 bits per heavy atom. The lowest BCUT2D eigenvalue weighted by Gasteiger charge is -2.04. The minimum atomic E-state index is -3.35. The number of hydrogen-bond donors (Lipinski definition) is 2. The Balaban J connectivity index is 2.24. The van der Waals surface area contributed by atoms with E-state index in [1.807, 2.05) is 13.8 Å². The Morgan fingerprint density at radius 2 is 2.25 bits per heavy atom. The lowest BCUT2D eigenvalue weighted by Crippen LogP contribution is -2.26. The van der Waals surface area contributed by atoms with Crippen molar-refractivity contribution in [1.82, 2.24) is 4.72 Å². The standard InChI is InChI=1S/C10H16N2O2S2/c1-6-3-9(6)12-16(13,14)10-4-8(5-11)15-7(10)2/h4,6,9,12H,3,5,11H2,1-2H3. The number of nitrogens with one attached hydrogen (secondary N) is 1. The van der Waals surface area contributed by atoms with Gasteiger partial charge in [0.15, 0.2) is 0 Å². The van der Waals surface area contributed by atoms with E-state index in [-0.39, 0.29) is 6.04 Å². The molecule has 90 valence electrons. The van der Waals surface area contributed by atoms with Crippen LogP contribution in [0.25, 0.3) is 0 Å². The third-order valence-electron chi connectivity index (χ3n) is 2.83. The summed E-state index contributed by atoms with van der Waals surface area (Å²) >= 11 is 1.45. The van der Waals surface area contributed by atoms with Crippen molar-refractivity contribution in [2.75, 3.05) is 0 Å². The summed E-state index contributed by atoms with van der Waals surface area (Å²) in [5, 5.41) is 0. The zero-order chi connectivity index (χ0) is 11.9. The third-order valence-corrected chi connectivity index (χ3v) is 5.65. The van der Waals surface area contributed by atoms with Crippen LogP contribution in [0, 0.1) is 12.8 Å². The van der Waals surface area contributed by atoms with Crippen LogP contribution in [0.3, 0.4) is 0 Å². The van der Waals surface area contributed by atoms with E-state index >= 15 is 0 Å². The van der Waals surface area contributed by atoms with Gasteiger partial charge in [-0.2, -0.15) is 0 Å². The SMILES string of the molecule is Cc1sc(CN)cc1S(=O)(=O)NC1CC1C. The van der Waals surface area contributed by atoms with Crippen LogP contribution in [0.2, 0.25) is 0 Å². The zero-order valence-corrected chi connectivity index (χ0v) is 11.0. The monoisotopic (exact) mass is 260 g/mol. The molecule has 2 atom stereocenters. The summed E-state index contributed by atoms with van der Waals surface area (Å²) in [7, 11) is -3.35. The Kier molecular flexibility index (Phi) is 3.09. The van der Waals surface area contributed by atoms with Crippen LogP contribution in [-0.2, 0) is 16.6 Å². The molecule has 1 fully saturated rings. The van der Waals surface area contributed by atoms with Gasteiger partial charge >= 0.3 is 0 Å². The predicted octanol–water partition coefficient (Wildman–Crippen LogP) is 1.20. The zero-order valence-electron chi connectivity index (χ0n) is 9.36. The molecule has 6 heteroatoms. The number of thiophene rings is 1. The Labute approximate surface area is 99.9 Å². The highest BCUT2D eigenvalue weighted by Crippen LogP contribution is 2.32. The van der Waals surface area contributed by atoms with Gasteiger partial charge in [-0.05, 0) is 25.3 Å². The molecule has 16 heavy (non-hydrogen) atoms. The van der Waals surface area contributed by atoms with E-state index in [2.05, 4.69) is 4.72 Å². The second-order valence-corrected chi connectivity index (χ2v) is 7.30. The number of hydrogen-bond acceptors (Lipinski definition) is 4. The molecule has 2 rings (SSSR count). The average Bonchev–Trinajstić information content (AvgIpc) is 2.74. The summed E-state index contributed by atoms with van der Waals surface area (Å²) in [5.41, 5.74) is 5.51. The summed E-state index contributed by atoms with van der Waals surface area (Å²) in [6.07, 6.45) is 0.937. The van der Waals surface area contributed by atoms with E-state index in [9.17, 15) is 8.42 Å². The third kappa shape index (κ3) is 2.29. The number of aryl methyl sites for hydroxylation is 1. The van der Waals surface area contributed by atoms with E-state index in [1.165, 1.54) is 11.3 Å². The molecule has 0 amide bonds. The molecule has 0 aromatic carbocycles. The fourth-order valence-electron chi connectivity index (χ4n) is 1.64. The van der Waals surface area contributed by atoms with Crippen LogP contribution >= 0.6 is 11.3 Å². The summed E-state index contributed by atoms with van der Waals surface area (Å²) < 4.78 is 26.8. The molecule has 0 radical (unpaired) electrons. The summed E-state index contributed by atoms with van der Waals surface area (Å²) in [4.78, 5) is 2.10. The molecule has 4 nitrogen and oxygen atoms in total. The van der Waals surface area contributed by atoms with Crippen molar-refractivity contribution in [3.05, 3.63) is 15.8 Å². The highest BCUT2D eigenvalue weighted by molar-refractivity contribution is 7.89. The van der Waals surface area contributed by atoms with Gasteiger partial charge in [0.05, 0.1) is 4.90 Å². The molecule has 3 N–H and O–H groups in total. The second-order valence-electron chi connectivity index (χ2n) is 4.28. The minimum absolute atomic E-state index is 0.116. The highest BCUT2D eigenvalue weighted by atomic mass is 32.2. The van der Waals surface area contributed by atoms with Gasteiger partial charge in [-0.1, -0.05) is 6.92 Å². The number of rotatable bonds is 4. The summed E-state index contributed by atoms with van der Waals surface area (Å²) in [6, 6.07) is 1.79. The van der Waals surface area contributed by atoms with Gasteiger partial charge in [-0.15, -0.1) is 11.3 Å². The van der Waals surface area contributed by atoms with Crippen molar-refractivity contribution >= 4 is 21.4 Å². The van der Waals surface area contributed by atoms with Crippen molar-refractivity contribution in [2.45, 2.75) is 37.8 Å². The molecular formula is C10H16N2O2S2. The van der Waals surface area contributed by atoms with Crippen LogP contribution in [0.15, 0.2) is 11.0 Å². The van der Waals surface area contributed by atoms with E-state index in [1.54, 1.807) is 6.07 Å². The first-order valence-electron chi connectivity index (χ1n) is 5.25. The van der Waals surface area contributed by atoms with Crippen LogP contribution in [0.5, 0.6) is 0 Å². The topological polar surface area (TPSA) is 72.2 Å². The number of nitrogens with two attached hydrogens (primary N) is 1. The lowest BCUT2D eigenvalue weighted by molar-refractivity contribution is 0.578. The molecular weight excluding hydrogens is 244 g/mol. The van der Waals surface area contributed by atoms with Crippen molar-refractivity contribution in [3.63, 3.8) is 0 Å². The molecule has 0 bridgehead atoms. The minimum Gasteiger partial charge on any atom is -0.326 e. The first-order chi connectivity index (χ1) is 7.44. The van der Waals surface area contributed by atoms with Crippen molar-refractivity contribution < 1.29 is 8.42 Å². The van der Waals surface area contributed by atoms with Gasteiger partial charge in [0.1, 0.15) is 0 Å². The van der Waals surface area contributed by atoms with Gasteiger partial charge in [0.25, 0.3) is 0 Å². The maximum Gasteiger partial charge on any atom is 0.241 e. The Hall–Kier alpha value is -0.430. The van der Waals surface area contributed by atoms with Gasteiger partial charge in [-0.3, -0.25) is 0 Å².